The van der Waals surface area contributed by atoms with Gasteiger partial charge >= 0.3 is 6.03 Å². The molecule has 2 rings (SSSR count). The van der Waals surface area contributed by atoms with Crippen molar-refractivity contribution in [1.82, 2.24) is 20.0 Å². The van der Waals surface area contributed by atoms with Gasteiger partial charge in [-0.15, -0.1) is 0 Å². The minimum atomic E-state index is -0.336. The van der Waals surface area contributed by atoms with Crippen LogP contribution in [0.4, 0.5) is 9.18 Å². The van der Waals surface area contributed by atoms with Crippen molar-refractivity contribution in [3.63, 3.8) is 0 Å². The summed E-state index contributed by atoms with van der Waals surface area (Å²) in [5.41, 5.74) is 0.551. The average molecular weight is 435 g/mol. The van der Waals surface area contributed by atoms with Gasteiger partial charge < -0.3 is 15.1 Å². The Labute approximate surface area is 186 Å². The molecule has 1 saturated heterocycles. The molecule has 1 aromatic rings. The lowest BCUT2D eigenvalue weighted by atomic mass is 9.91. The summed E-state index contributed by atoms with van der Waals surface area (Å²) in [6.45, 7) is 16.9. The molecule has 7 heteroatoms. The van der Waals surface area contributed by atoms with Crippen LogP contribution in [0.15, 0.2) is 24.3 Å². The maximum atomic E-state index is 13.2. The maximum absolute atomic E-state index is 13.2. The molecule has 0 bridgehead atoms. The van der Waals surface area contributed by atoms with Gasteiger partial charge in [0, 0.05) is 57.8 Å². The molecular weight excluding hydrogens is 395 g/mol. The summed E-state index contributed by atoms with van der Waals surface area (Å²) in [7, 11) is 0. The summed E-state index contributed by atoms with van der Waals surface area (Å²) >= 11 is 0. The molecule has 0 radical (unpaired) electrons. The third-order valence-corrected chi connectivity index (χ3v) is 5.15. The fourth-order valence-corrected chi connectivity index (χ4v) is 3.51. The molecule has 1 heterocycles. The molecule has 1 N–H and O–H groups in total. The lowest BCUT2D eigenvalue weighted by Crippen LogP contribution is -2.53. The van der Waals surface area contributed by atoms with Gasteiger partial charge in [0.15, 0.2) is 0 Å². The van der Waals surface area contributed by atoms with Crippen LogP contribution in [0, 0.1) is 11.2 Å². The Morgan fingerprint density at radius 2 is 1.58 bits per heavy atom. The van der Waals surface area contributed by atoms with Gasteiger partial charge in [-0.3, -0.25) is 9.69 Å². The number of carbonyl (C=O) groups is 2. The second kappa shape index (κ2) is 10.4. The van der Waals surface area contributed by atoms with E-state index in [4.69, 9.17) is 0 Å². The van der Waals surface area contributed by atoms with Crippen molar-refractivity contribution in [1.29, 1.82) is 0 Å². The van der Waals surface area contributed by atoms with E-state index >= 15 is 0 Å². The number of piperazine rings is 1. The summed E-state index contributed by atoms with van der Waals surface area (Å²) in [6.07, 6.45) is 0.561. The van der Waals surface area contributed by atoms with Crippen molar-refractivity contribution >= 4 is 11.9 Å². The minimum absolute atomic E-state index is 0.00448. The number of rotatable bonds is 6. The fraction of sp³-hybridized carbons (Fsp3) is 0.667. The molecule has 1 fully saturated rings. The topological polar surface area (TPSA) is 55.9 Å². The first-order valence-corrected chi connectivity index (χ1v) is 11.1. The predicted molar refractivity (Wildman–Crippen MR) is 122 cm³/mol. The number of nitrogens with zero attached hydrogens (tertiary/aromatic N) is 3. The van der Waals surface area contributed by atoms with Crippen LogP contribution in [0.2, 0.25) is 0 Å². The predicted octanol–water partition coefficient (Wildman–Crippen LogP) is 3.72. The van der Waals surface area contributed by atoms with Crippen molar-refractivity contribution in [2.45, 2.75) is 60.0 Å². The van der Waals surface area contributed by atoms with Crippen molar-refractivity contribution in [3.8, 4) is 0 Å². The Morgan fingerprint density at radius 3 is 2.10 bits per heavy atom. The molecular formula is C24H39FN4O2. The number of hydrogen-bond acceptors (Lipinski definition) is 3. The van der Waals surface area contributed by atoms with E-state index in [0.29, 0.717) is 19.5 Å². The molecule has 6 nitrogen and oxygen atoms in total. The van der Waals surface area contributed by atoms with E-state index < -0.39 is 0 Å². The summed E-state index contributed by atoms with van der Waals surface area (Å²) in [5, 5.41) is 3.02. The van der Waals surface area contributed by atoms with Crippen LogP contribution in [0.5, 0.6) is 0 Å². The van der Waals surface area contributed by atoms with E-state index in [1.165, 1.54) is 12.1 Å². The van der Waals surface area contributed by atoms with Crippen LogP contribution in [0.1, 0.15) is 53.5 Å². The Balaban J connectivity index is 1.91. The van der Waals surface area contributed by atoms with Crippen molar-refractivity contribution in [3.05, 3.63) is 35.6 Å². The van der Waals surface area contributed by atoms with E-state index in [1.54, 1.807) is 17.0 Å². The van der Waals surface area contributed by atoms with Gasteiger partial charge in [-0.25, -0.2) is 9.18 Å². The van der Waals surface area contributed by atoms with Crippen LogP contribution in [0.3, 0.4) is 0 Å². The van der Waals surface area contributed by atoms with Gasteiger partial charge in [0.2, 0.25) is 5.91 Å². The standard InChI is InChI=1S/C24H39FN4O2/c1-23(2,3)17-21(30)28-14-11-27(12-15-28)13-16-29(22(31)26-24(4,5)6)18-19-7-9-20(25)10-8-19/h7-10H,11-18H2,1-6H3,(H,26,31). The minimum Gasteiger partial charge on any atom is -0.340 e. The summed E-state index contributed by atoms with van der Waals surface area (Å²) in [5.74, 6) is -0.0667. The molecule has 174 valence electrons. The third-order valence-electron chi connectivity index (χ3n) is 5.15. The van der Waals surface area contributed by atoms with Crippen LogP contribution < -0.4 is 5.32 Å². The van der Waals surface area contributed by atoms with Crippen molar-refractivity contribution in [2.24, 2.45) is 5.41 Å². The first kappa shape index (κ1) is 25.1. The molecule has 1 aliphatic heterocycles. The Morgan fingerprint density at radius 1 is 1.00 bits per heavy atom. The highest BCUT2D eigenvalue weighted by molar-refractivity contribution is 5.77. The zero-order chi connectivity index (χ0) is 23.2. The maximum Gasteiger partial charge on any atom is 0.318 e. The highest BCUT2D eigenvalue weighted by atomic mass is 19.1. The molecule has 0 unspecified atom stereocenters. The number of amides is 3. The highest BCUT2D eigenvalue weighted by Gasteiger charge is 2.26. The Hall–Kier alpha value is -2.15. The van der Waals surface area contributed by atoms with Gasteiger partial charge in [-0.2, -0.15) is 0 Å². The molecule has 0 aromatic heterocycles. The van der Waals surface area contributed by atoms with Crippen molar-refractivity contribution < 1.29 is 14.0 Å². The largest absolute Gasteiger partial charge is 0.340 e. The van der Waals surface area contributed by atoms with Gasteiger partial charge in [0.1, 0.15) is 5.82 Å². The molecule has 1 aliphatic rings. The van der Waals surface area contributed by atoms with Gasteiger partial charge in [0.05, 0.1) is 0 Å². The number of benzene rings is 1. The molecule has 0 atom stereocenters. The Kier molecular flexibility index (Phi) is 8.46. The normalized spacial score (nSPS) is 15.6. The van der Waals surface area contributed by atoms with E-state index in [1.807, 2.05) is 25.7 Å². The monoisotopic (exact) mass is 434 g/mol. The third kappa shape index (κ3) is 9.25. The van der Waals surface area contributed by atoms with Crippen LogP contribution in [0.25, 0.3) is 0 Å². The molecule has 0 aliphatic carbocycles. The first-order chi connectivity index (χ1) is 14.3. The SMILES string of the molecule is CC(C)(C)CC(=O)N1CCN(CCN(Cc2ccc(F)cc2)C(=O)NC(C)(C)C)CC1. The van der Waals surface area contributed by atoms with Gasteiger partial charge in [-0.05, 0) is 43.9 Å². The summed E-state index contributed by atoms with van der Waals surface area (Å²) in [6, 6.07) is 6.14. The number of halogens is 1. The summed E-state index contributed by atoms with van der Waals surface area (Å²) < 4.78 is 13.2. The number of carbonyl (C=O) groups excluding carboxylic acids is 2. The molecule has 31 heavy (non-hydrogen) atoms. The molecule has 0 spiro atoms. The first-order valence-electron chi connectivity index (χ1n) is 11.1. The van der Waals surface area contributed by atoms with E-state index in [0.717, 1.165) is 38.3 Å². The zero-order valence-corrected chi connectivity index (χ0v) is 20.0. The number of nitrogens with one attached hydrogen (secondary N) is 1. The summed E-state index contributed by atoms with van der Waals surface area (Å²) in [4.78, 5) is 31.3. The number of hydrogen-bond donors (Lipinski definition) is 1. The fourth-order valence-electron chi connectivity index (χ4n) is 3.51. The van der Waals surface area contributed by atoms with Gasteiger partial charge in [0.25, 0.3) is 0 Å². The molecule has 0 saturated carbocycles. The van der Waals surface area contributed by atoms with E-state index in [-0.39, 0.29) is 28.7 Å². The van der Waals surface area contributed by atoms with Crippen LogP contribution in [-0.2, 0) is 11.3 Å². The van der Waals surface area contributed by atoms with Crippen LogP contribution >= 0.6 is 0 Å². The Bertz CT molecular complexity index is 729. The highest BCUT2D eigenvalue weighted by Crippen LogP contribution is 2.20. The second-order valence-electron chi connectivity index (χ2n) is 10.7. The van der Waals surface area contributed by atoms with E-state index in [9.17, 15) is 14.0 Å². The van der Waals surface area contributed by atoms with Gasteiger partial charge in [-0.1, -0.05) is 32.9 Å². The quantitative estimate of drug-likeness (QED) is 0.743. The lowest BCUT2D eigenvalue weighted by Gasteiger charge is -2.37. The van der Waals surface area contributed by atoms with Crippen LogP contribution in [-0.4, -0.2) is 71.4 Å². The number of urea groups is 1. The molecule has 1 aromatic carbocycles. The van der Waals surface area contributed by atoms with Crippen molar-refractivity contribution in [2.75, 3.05) is 39.3 Å². The average Bonchev–Trinajstić information content (AvgIpc) is 2.64. The lowest BCUT2D eigenvalue weighted by molar-refractivity contribution is -0.134. The molecule has 3 amide bonds. The van der Waals surface area contributed by atoms with E-state index in [2.05, 4.69) is 31.0 Å². The smallest absolute Gasteiger partial charge is 0.318 e. The second-order valence-corrected chi connectivity index (χ2v) is 10.7. The zero-order valence-electron chi connectivity index (χ0n) is 20.0.